The third-order valence-electron chi connectivity index (χ3n) is 2.36. The molecular formula is C10H13BrClNO4S2. The summed E-state index contributed by atoms with van der Waals surface area (Å²) in [5, 5.41) is 8.90. The predicted octanol–water partition coefficient (Wildman–Crippen LogP) is 2.94. The number of hydrogen-bond donors (Lipinski definition) is 2. The van der Waals surface area contributed by atoms with Crippen LogP contribution in [0.25, 0.3) is 0 Å². The number of nitrogens with one attached hydrogen (secondary N) is 1. The van der Waals surface area contributed by atoms with Crippen molar-refractivity contribution in [2.75, 3.05) is 6.54 Å². The Morgan fingerprint density at radius 3 is 2.74 bits per heavy atom. The van der Waals surface area contributed by atoms with Gasteiger partial charge in [0.25, 0.3) is 0 Å². The Hall–Kier alpha value is -0.150. The van der Waals surface area contributed by atoms with Crippen molar-refractivity contribution >= 4 is 54.9 Å². The van der Waals surface area contributed by atoms with Gasteiger partial charge in [-0.25, -0.2) is 13.1 Å². The van der Waals surface area contributed by atoms with E-state index in [1.54, 1.807) is 6.92 Å². The van der Waals surface area contributed by atoms with Gasteiger partial charge in [-0.1, -0.05) is 18.5 Å². The lowest BCUT2D eigenvalue weighted by Crippen LogP contribution is -2.28. The van der Waals surface area contributed by atoms with E-state index in [0.29, 0.717) is 15.2 Å². The number of sulfonamides is 1. The topological polar surface area (TPSA) is 83.5 Å². The molecule has 1 atom stereocenters. The summed E-state index contributed by atoms with van der Waals surface area (Å²) < 4.78 is 27.0. The van der Waals surface area contributed by atoms with Crippen molar-refractivity contribution in [2.45, 2.75) is 24.0 Å². The number of carbonyl (C=O) groups is 1. The number of rotatable bonds is 7. The highest BCUT2D eigenvalue weighted by atomic mass is 79.9. The first-order valence-electron chi connectivity index (χ1n) is 5.38. The van der Waals surface area contributed by atoms with Crippen LogP contribution in [-0.4, -0.2) is 26.0 Å². The fraction of sp³-hybridized carbons (Fsp3) is 0.500. The van der Waals surface area contributed by atoms with Crippen LogP contribution in [0.15, 0.2) is 14.1 Å². The van der Waals surface area contributed by atoms with Crippen LogP contribution in [-0.2, 0) is 14.8 Å². The fourth-order valence-electron chi connectivity index (χ4n) is 1.25. The molecule has 0 saturated heterocycles. The van der Waals surface area contributed by atoms with Gasteiger partial charge < -0.3 is 5.11 Å². The summed E-state index contributed by atoms with van der Waals surface area (Å²) >= 11 is 9.98. The lowest BCUT2D eigenvalue weighted by atomic mass is 10.1. The van der Waals surface area contributed by atoms with E-state index in [1.165, 1.54) is 6.07 Å². The van der Waals surface area contributed by atoms with Crippen LogP contribution in [0.4, 0.5) is 0 Å². The van der Waals surface area contributed by atoms with Crippen LogP contribution in [0.2, 0.25) is 5.02 Å². The molecule has 0 spiro atoms. The Kier molecular flexibility index (Phi) is 6.25. The molecule has 0 saturated carbocycles. The summed E-state index contributed by atoms with van der Waals surface area (Å²) in [5.41, 5.74) is 0. The van der Waals surface area contributed by atoms with E-state index < -0.39 is 16.0 Å². The highest BCUT2D eigenvalue weighted by molar-refractivity contribution is 9.11. The highest BCUT2D eigenvalue weighted by Crippen LogP contribution is 2.34. The molecule has 0 bridgehead atoms. The molecule has 5 nitrogen and oxygen atoms in total. The molecule has 1 heterocycles. The SMILES string of the molecule is CC(CCC(=O)O)CNS(=O)(=O)c1cc(Cl)c(Br)s1. The van der Waals surface area contributed by atoms with Crippen molar-refractivity contribution < 1.29 is 18.3 Å². The average molecular weight is 391 g/mol. The molecule has 1 aromatic heterocycles. The number of carboxylic acid groups (broad SMARTS) is 1. The normalized spacial score (nSPS) is 13.4. The summed E-state index contributed by atoms with van der Waals surface area (Å²) in [6.45, 7) is 1.99. The van der Waals surface area contributed by atoms with Crippen LogP contribution in [0.5, 0.6) is 0 Å². The van der Waals surface area contributed by atoms with Crippen LogP contribution >= 0.6 is 38.9 Å². The number of thiophene rings is 1. The standard InChI is InChI=1S/C10H13BrClNO4S2/c1-6(2-3-8(14)15)5-13-19(16,17)9-4-7(12)10(11)18-9/h4,6,13H,2-3,5H2,1H3,(H,14,15). The number of hydrogen-bond acceptors (Lipinski definition) is 4. The Bertz CT molecular complexity index is 538. The molecular weight excluding hydrogens is 378 g/mol. The van der Waals surface area contributed by atoms with Gasteiger partial charge in [0.05, 0.1) is 8.81 Å². The molecule has 0 aliphatic rings. The summed E-state index contributed by atoms with van der Waals surface area (Å²) in [4.78, 5) is 10.4. The lowest BCUT2D eigenvalue weighted by molar-refractivity contribution is -0.137. The molecule has 0 aromatic carbocycles. The minimum atomic E-state index is -3.59. The van der Waals surface area contributed by atoms with E-state index in [2.05, 4.69) is 20.7 Å². The number of halogens is 2. The molecule has 0 aliphatic carbocycles. The Balaban J connectivity index is 2.58. The third kappa shape index (κ3) is 5.39. The molecule has 2 N–H and O–H groups in total. The summed E-state index contributed by atoms with van der Waals surface area (Å²) in [5.74, 6) is -0.937. The van der Waals surface area contributed by atoms with Gasteiger partial charge in [-0.05, 0) is 34.3 Å². The molecule has 0 fully saturated rings. The van der Waals surface area contributed by atoms with E-state index in [-0.39, 0.29) is 23.1 Å². The zero-order chi connectivity index (χ0) is 14.6. The van der Waals surface area contributed by atoms with Gasteiger partial charge in [0.15, 0.2) is 0 Å². The van der Waals surface area contributed by atoms with Crippen molar-refractivity contribution in [3.8, 4) is 0 Å². The van der Waals surface area contributed by atoms with Gasteiger partial charge in [-0.2, -0.15) is 0 Å². The molecule has 108 valence electrons. The predicted molar refractivity (Wildman–Crippen MR) is 78.3 cm³/mol. The van der Waals surface area contributed by atoms with Gasteiger partial charge >= 0.3 is 5.97 Å². The summed E-state index contributed by atoms with van der Waals surface area (Å²) in [6.07, 6.45) is 0.450. The molecule has 1 unspecified atom stereocenters. The van der Waals surface area contributed by atoms with E-state index >= 15 is 0 Å². The van der Waals surface area contributed by atoms with E-state index in [0.717, 1.165) is 11.3 Å². The first kappa shape index (κ1) is 16.9. The second-order valence-corrected chi connectivity index (χ2v) is 8.85. The van der Waals surface area contributed by atoms with Gasteiger partial charge in [-0.15, -0.1) is 11.3 Å². The summed E-state index contributed by atoms with van der Waals surface area (Å²) in [7, 11) is -3.59. The first-order chi connectivity index (χ1) is 8.72. The quantitative estimate of drug-likeness (QED) is 0.750. The number of carboxylic acids is 1. The molecule has 0 amide bonds. The molecule has 9 heteroatoms. The zero-order valence-electron chi connectivity index (χ0n) is 10.0. The first-order valence-corrected chi connectivity index (χ1v) is 8.85. The average Bonchev–Trinajstić information content (AvgIpc) is 2.65. The van der Waals surface area contributed by atoms with Crippen LogP contribution < -0.4 is 4.72 Å². The molecule has 0 aliphatic heterocycles. The second-order valence-electron chi connectivity index (χ2n) is 4.08. The van der Waals surface area contributed by atoms with Crippen molar-refractivity contribution in [1.82, 2.24) is 4.72 Å². The largest absolute Gasteiger partial charge is 0.481 e. The maximum absolute atomic E-state index is 11.9. The zero-order valence-corrected chi connectivity index (χ0v) is 14.0. The van der Waals surface area contributed by atoms with Crippen molar-refractivity contribution in [3.63, 3.8) is 0 Å². The lowest BCUT2D eigenvalue weighted by Gasteiger charge is -2.10. The number of aliphatic carboxylic acids is 1. The summed E-state index contributed by atoms with van der Waals surface area (Å²) in [6, 6.07) is 1.38. The van der Waals surface area contributed by atoms with Gasteiger partial charge in [0.1, 0.15) is 4.21 Å². The van der Waals surface area contributed by atoms with Crippen LogP contribution in [0.1, 0.15) is 19.8 Å². The van der Waals surface area contributed by atoms with Crippen LogP contribution in [0, 0.1) is 5.92 Å². The minimum Gasteiger partial charge on any atom is -0.481 e. The van der Waals surface area contributed by atoms with Gasteiger partial charge in [0.2, 0.25) is 10.0 Å². The highest BCUT2D eigenvalue weighted by Gasteiger charge is 2.19. The molecule has 0 radical (unpaired) electrons. The Morgan fingerprint density at radius 1 is 1.63 bits per heavy atom. The molecule has 1 aromatic rings. The Morgan fingerprint density at radius 2 is 2.26 bits per heavy atom. The third-order valence-corrected chi connectivity index (χ3v) is 6.73. The van der Waals surface area contributed by atoms with Crippen molar-refractivity contribution in [1.29, 1.82) is 0 Å². The smallest absolute Gasteiger partial charge is 0.303 e. The van der Waals surface area contributed by atoms with E-state index in [9.17, 15) is 13.2 Å². The molecule has 19 heavy (non-hydrogen) atoms. The maximum Gasteiger partial charge on any atom is 0.303 e. The second kappa shape index (κ2) is 7.03. The Labute approximate surface area is 129 Å². The van der Waals surface area contributed by atoms with Crippen LogP contribution in [0.3, 0.4) is 0 Å². The van der Waals surface area contributed by atoms with Gasteiger partial charge in [-0.3, -0.25) is 4.79 Å². The van der Waals surface area contributed by atoms with Gasteiger partial charge in [0, 0.05) is 13.0 Å². The fourth-order valence-corrected chi connectivity index (χ4v) is 4.86. The van der Waals surface area contributed by atoms with E-state index in [4.69, 9.17) is 16.7 Å². The minimum absolute atomic E-state index is 0.0271. The maximum atomic E-state index is 11.9. The molecule has 1 rings (SSSR count). The van der Waals surface area contributed by atoms with E-state index in [1.807, 2.05) is 0 Å². The van der Waals surface area contributed by atoms with Crippen molar-refractivity contribution in [3.05, 3.63) is 14.9 Å². The van der Waals surface area contributed by atoms with Crippen molar-refractivity contribution in [2.24, 2.45) is 5.92 Å². The monoisotopic (exact) mass is 389 g/mol.